The van der Waals surface area contributed by atoms with Crippen molar-refractivity contribution < 1.29 is 13.9 Å². The van der Waals surface area contributed by atoms with Gasteiger partial charge in [0.25, 0.3) is 0 Å². The van der Waals surface area contributed by atoms with Crippen LogP contribution in [-0.4, -0.2) is 5.97 Å². The number of halogens is 1. The molecule has 0 atom stereocenters. The molecular weight excluding hydrogens is 243 g/mol. The lowest BCUT2D eigenvalue weighted by atomic mass is 10.1. The van der Waals surface area contributed by atoms with Gasteiger partial charge in [-0.15, -0.1) is 0 Å². The second kappa shape index (κ2) is 7.52. The molecule has 2 nitrogen and oxygen atoms in total. The number of carbonyl (C=O) groups is 1. The largest absolute Gasteiger partial charge is 0.420 e. The Balaban J connectivity index is 2.54. The molecule has 1 rings (SSSR count). The van der Waals surface area contributed by atoms with Crippen molar-refractivity contribution in [2.24, 2.45) is 0 Å². The number of hydrogen-bond donors (Lipinski definition) is 0. The van der Waals surface area contributed by atoms with E-state index in [9.17, 15) is 9.18 Å². The van der Waals surface area contributed by atoms with Crippen molar-refractivity contribution in [2.45, 2.75) is 33.6 Å². The molecule has 0 amide bonds. The van der Waals surface area contributed by atoms with Gasteiger partial charge >= 0.3 is 5.97 Å². The second-order valence-electron chi connectivity index (χ2n) is 4.66. The summed E-state index contributed by atoms with van der Waals surface area (Å²) in [6.45, 7) is 5.93. The first kappa shape index (κ1) is 15.2. The number of allylic oxidation sites excluding steroid dienone is 3. The molecule has 0 unspecified atom stereocenters. The van der Waals surface area contributed by atoms with E-state index in [1.807, 2.05) is 20.8 Å². The Morgan fingerprint density at radius 2 is 1.95 bits per heavy atom. The van der Waals surface area contributed by atoms with Gasteiger partial charge in [0.1, 0.15) is 0 Å². The van der Waals surface area contributed by atoms with Gasteiger partial charge in [-0.25, -0.2) is 9.18 Å². The van der Waals surface area contributed by atoms with Gasteiger partial charge in [0, 0.05) is 6.08 Å². The first-order chi connectivity index (χ1) is 8.99. The van der Waals surface area contributed by atoms with Crippen LogP contribution in [-0.2, 0) is 4.79 Å². The summed E-state index contributed by atoms with van der Waals surface area (Å²) >= 11 is 0. The lowest BCUT2D eigenvalue weighted by Crippen LogP contribution is -2.06. The highest BCUT2D eigenvalue weighted by molar-refractivity contribution is 5.84. The predicted molar refractivity (Wildman–Crippen MR) is 74.5 cm³/mol. The number of benzene rings is 1. The molecule has 102 valence electrons. The lowest BCUT2D eigenvalue weighted by Gasteiger charge is -2.03. The fourth-order valence-electron chi connectivity index (χ4n) is 1.53. The van der Waals surface area contributed by atoms with Crippen molar-refractivity contribution in [1.29, 1.82) is 0 Å². The normalized spacial score (nSPS) is 11.1. The highest BCUT2D eigenvalue weighted by Gasteiger charge is 2.06. The Hall–Kier alpha value is -1.90. The minimum atomic E-state index is -0.542. The molecular formula is C16H19FO2. The molecule has 0 spiro atoms. The molecule has 19 heavy (non-hydrogen) atoms. The highest BCUT2D eigenvalue weighted by atomic mass is 19.1. The maximum atomic E-state index is 13.3. The van der Waals surface area contributed by atoms with E-state index in [0.717, 1.165) is 18.4 Å². The zero-order valence-corrected chi connectivity index (χ0v) is 11.6. The molecule has 0 fully saturated rings. The molecule has 0 saturated heterocycles. The van der Waals surface area contributed by atoms with Gasteiger partial charge in [0.05, 0.1) is 0 Å². The second-order valence-corrected chi connectivity index (χ2v) is 4.66. The quantitative estimate of drug-likeness (QED) is 0.340. The Kier molecular flexibility index (Phi) is 6.00. The minimum absolute atomic E-state index is 0.0409. The monoisotopic (exact) mass is 262 g/mol. The van der Waals surface area contributed by atoms with E-state index >= 15 is 0 Å². The average Bonchev–Trinajstić information content (AvgIpc) is 2.31. The Morgan fingerprint density at radius 1 is 1.26 bits per heavy atom. The number of rotatable bonds is 5. The first-order valence-electron chi connectivity index (χ1n) is 6.26. The van der Waals surface area contributed by atoms with Crippen LogP contribution in [0.5, 0.6) is 5.75 Å². The van der Waals surface area contributed by atoms with E-state index < -0.39 is 11.8 Å². The van der Waals surface area contributed by atoms with Crippen LogP contribution in [0.25, 0.3) is 0 Å². The molecule has 0 aliphatic heterocycles. The van der Waals surface area contributed by atoms with Crippen molar-refractivity contribution in [2.75, 3.05) is 0 Å². The van der Waals surface area contributed by atoms with E-state index in [0.29, 0.717) is 0 Å². The maximum absolute atomic E-state index is 13.3. The number of para-hydroxylation sites is 1. The zero-order chi connectivity index (χ0) is 14.3. The van der Waals surface area contributed by atoms with Crippen LogP contribution < -0.4 is 4.74 Å². The molecule has 1 aromatic carbocycles. The van der Waals surface area contributed by atoms with Crippen molar-refractivity contribution in [1.82, 2.24) is 0 Å². The SMILES string of the molecule is CC(C)=CCC/C(C)=C/C(=O)Oc1ccccc1F. The third-order valence-corrected chi connectivity index (χ3v) is 2.50. The fourth-order valence-corrected chi connectivity index (χ4v) is 1.53. The predicted octanol–water partition coefficient (Wildman–Crippen LogP) is 4.42. The standard InChI is InChI=1S/C16H19FO2/c1-12(2)7-6-8-13(3)11-16(18)19-15-10-5-4-9-14(15)17/h4-5,7,9-11H,6,8H2,1-3H3/b13-11+. The number of esters is 1. The maximum Gasteiger partial charge on any atom is 0.336 e. The molecule has 0 N–H and O–H groups in total. The topological polar surface area (TPSA) is 26.3 Å². The van der Waals surface area contributed by atoms with E-state index in [-0.39, 0.29) is 5.75 Å². The summed E-state index contributed by atoms with van der Waals surface area (Å²) in [5.41, 5.74) is 2.17. The molecule has 0 bridgehead atoms. The number of carbonyl (C=O) groups excluding carboxylic acids is 1. The van der Waals surface area contributed by atoms with Crippen LogP contribution >= 0.6 is 0 Å². The van der Waals surface area contributed by atoms with Gasteiger partial charge < -0.3 is 4.74 Å². The van der Waals surface area contributed by atoms with Gasteiger partial charge in [0.15, 0.2) is 11.6 Å². The summed E-state index contributed by atoms with van der Waals surface area (Å²) in [7, 11) is 0. The van der Waals surface area contributed by atoms with Crippen molar-refractivity contribution in [3.8, 4) is 5.75 Å². The average molecular weight is 262 g/mol. The highest BCUT2D eigenvalue weighted by Crippen LogP contribution is 2.16. The minimum Gasteiger partial charge on any atom is -0.420 e. The molecule has 0 aliphatic carbocycles. The van der Waals surface area contributed by atoms with E-state index in [2.05, 4.69) is 6.08 Å². The Morgan fingerprint density at radius 3 is 2.58 bits per heavy atom. The van der Waals surface area contributed by atoms with Crippen molar-refractivity contribution in [3.05, 3.63) is 53.4 Å². The van der Waals surface area contributed by atoms with E-state index in [1.54, 1.807) is 12.1 Å². The summed E-state index contributed by atoms with van der Waals surface area (Å²) in [5.74, 6) is -1.12. The smallest absolute Gasteiger partial charge is 0.336 e. The summed E-state index contributed by atoms with van der Waals surface area (Å²) in [6.07, 6.45) is 5.19. The van der Waals surface area contributed by atoms with Crippen LogP contribution in [0, 0.1) is 5.82 Å². The van der Waals surface area contributed by atoms with Crippen LogP contribution in [0.4, 0.5) is 4.39 Å². The summed E-state index contributed by atoms with van der Waals surface area (Å²) in [6, 6.07) is 5.86. The molecule has 0 saturated carbocycles. The number of hydrogen-bond acceptors (Lipinski definition) is 2. The number of ether oxygens (including phenoxy) is 1. The van der Waals surface area contributed by atoms with E-state index in [4.69, 9.17) is 4.74 Å². The zero-order valence-electron chi connectivity index (χ0n) is 11.6. The molecule has 0 heterocycles. The van der Waals surface area contributed by atoms with Crippen LogP contribution in [0.15, 0.2) is 47.6 Å². The third kappa shape index (κ3) is 6.00. The van der Waals surface area contributed by atoms with Gasteiger partial charge in [-0.3, -0.25) is 0 Å². The van der Waals surface area contributed by atoms with E-state index in [1.165, 1.54) is 23.8 Å². The van der Waals surface area contributed by atoms with Gasteiger partial charge in [-0.05, 0) is 45.7 Å². The Labute approximate surface area is 113 Å². The molecule has 1 aromatic rings. The molecule has 0 radical (unpaired) electrons. The van der Waals surface area contributed by atoms with Crippen LogP contribution in [0.2, 0.25) is 0 Å². The van der Waals surface area contributed by atoms with Gasteiger partial charge in [-0.2, -0.15) is 0 Å². The summed E-state index contributed by atoms with van der Waals surface area (Å²) in [4.78, 5) is 11.6. The fraction of sp³-hybridized carbons (Fsp3) is 0.312. The van der Waals surface area contributed by atoms with Crippen molar-refractivity contribution in [3.63, 3.8) is 0 Å². The third-order valence-electron chi connectivity index (χ3n) is 2.50. The molecule has 0 aliphatic rings. The van der Waals surface area contributed by atoms with Gasteiger partial charge in [-0.1, -0.05) is 29.4 Å². The Bertz CT molecular complexity index is 497. The van der Waals surface area contributed by atoms with Crippen LogP contribution in [0.1, 0.15) is 33.6 Å². The van der Waals surface area contributed by atoms with Crippen molar-refractivity contribution >= 4 is 5.97 Å². The van der Waals surface area contributed by atoms with Gasteiger partial charge in [0.2, 0.25) is 0 Å². The molecule has 3 heteroatoms. The first-order valence-corrected chi connectivity index (χ1v) is 6.26. The summed E-state index contributed by atoms with van der Waals surface area (Å²) in [5, 5.41) is 0. The lowest BCUT2D eigenvalue weighted by molar-refractivity contribution is -0.129. The summed E-state index contributed by atoms with van der Waals surface area (Å²) < 4.78 is 18.2. The molecule has 0 aromatic heterocycles. The van der Waals surface area contributed by atoms with Crippen LogP contribution in [0.3, 0.4) is 0 Å².